The summed E-state index contributed by atoms with van der Waals surface area (Å²) in [5.74, 6) is 0.149. The van der Waals surface area contributed by atoms with Crippen molar-refractivity contribution in [1.29, 1.82) is 5.26 Å². The van der Waals surface area contributed by atoms with E-state index in [9.17, 15) is 9.65 Å². The van der Waals surface area contributed by atoms with E-state index in [2.05, 4.69) is 26.0 Å². The Morgan fingerprint density at radius 2 is 2.06 bits per heavy atom. The maximum atomic E-state index is 14.2. The molecule has 1 aliphatic heterocycles. The lowest BCUT2D eigenvalue weighted by atomic mass is 9.96. The Morgan fingerprint density at radius 3 is 2.90 bits per heavy atom. The molecular formula is C22H16FN7O. The Labute approximate surface area is 176 Å². The number of benzene rings is 1. The first-order chi connectivity index (χ1) is 15.0. The second-order valence-electron chi connectivity index (χ2n) is 7.16. The molecular weight excluding hydrogens is 397 g/mol. The topological polar surface area (TPSA) is 116 Å². The number of rotatable bonds is 0. The lowest BCUT2D eigenvalue weighted by Gasteiger charge is -2.22. The van der Waals surface area contributed by atoms with E-state index in [1.54, 1.807) is 30.9 Å². The van der Waals surface area contributed by atoms with Crippen molar-refractivity contribution in [2.45, 2.75) is 19.6 Å². The Hall–Kier alpha value is -4.32. The van der Waals surface area contributed by atoms with E-state index in [1.165, 1.54) is 18.5 Å². The molecule has 0 fully saturated rings. The fraction of sp³-hybridized carbons (Fsp3) is 0.136. The number of anilines is 1. The molecule has 0 saturated heterocycles. The Morgan fingerprint density at radius 1 is 1.19 bits per heavy atom. The van der Waals surface area contributed by atoms with Gasteiger partial charge in [0.1, 0.15) is 24.3 Å². The number of nitrogen functional groups attached to an aromatic ring is 1. The van der Waals surface area contributed by atoms with Crippen LogP contribution in [0.25, 0.3) is 22.4 Å². The average Bonchev–Trinajstić information content (AvgIpc) is 3.17. The summed E-state index contributed by atoms with van der Waals surface area (Å²) in [6, 6.07) is 8.35. The summed E-state index contributed by atoms with van der Waals surface area (Å²) in [5.41, 5.74) is 10.3. The monoisotopic (exact) mass is 413 g/mol. The van der Waals surface area contributed by atoms with Gasteiger partial charge in [-0.1, -0.05) is 6.07 Å². The van der Waals surface area contributed by atoms with Gasteiger partial charge >= 0.3 is 0 Å². The van der Waals surface area contributed by atoms with Crippen LogP contribution in [0.4, 0.5) is 10.2 Å². The van der Waals surface area contributed by atoms with Crippen molar-refractivity contribution in [2.24, 2.45) is 0 Å². The predicted octanol–water partition coefficient (Wildman–Crippen LogP) is 3.50. The Kier molecular flexibility index (Phi) is 4.33. The Bertz CT molecular complexity index is 1360. The second-order valence-corrected chi connectivity index (χ2v) is 7.16. The number of nitriles is 1. The molecule has 1 aromatic carbocycles. The minimum Gasteiger partial charge on any atom is -0.482 e. The average molecular weight is 413 g/mol. The van der Waals surface area contributed by atoms with Gasteiger partial charge in [-0.3, -0.25) is 0 Å². The van der Waals surface area contributed by atoms with Crippen LogP contribution in [0.15, 0.2) is 49.3 Å². The van der Waals surface area contributed by atoms with Gasteiger partial charge in [-0.25, -0.2) is 24.3 Å². The van der Waals surface area contributed by atoms with Crippen LogP contribution < -0.4 is 10.5 Å². The summed E-state index contributed by atoms with van der Waals surface area (Å²) < 4.78 is 22.1. The number of imidazole rings is 1. The zero-order valence-corrected chi connectivity index (χ0v) is 16.5. The molecule has 0 spiro atoms. The van der Waals surface area contributed by atoms with Crippen LogP contribution in [-0.2, 0) is 6.54 Å². The normalized spacial score (nSPS) is 14.7. The molecule has 8 nitrogen and oxygen atoms in total. The number of hydrogen-bond acceptors (Lipinski definition) is 7. The maximum absolute atomic E-state index is 14.2. The largest absolute Gasteiger partial charge is 0.482 e. The molecule has 152 valence electrons. The molecule has 1 aliphatic rings. The highest BCUT2D eigenvalue weighted by Gasteiger charge is 2.23. The van der Waals surface area contributed by atoms with Gasteiger partial charge in [0.15, 0.2) is 17.3 Å². The molecule has 5 rings (SSSR count). The number of nitrogens with two attached hydrogens (primary N) is 1. The number of fused-ring (bicyclic) bond motifs is 7. The van der Waals surface area contributed by atoms with Crippen molar-refractivity contribution >= 4 is 5.82 Å². The van der Waals surface area contributed by atoms with Gasteiger partial charge in [0, 0.05) is 29.1 Å². The number of hydrogen-bond donors (Lipinski definition) is 1. The predicted molar refractivity (Wildman–Crippen MR) is 110 cm³/mol. The number of pyridine rings is 1. The third-order valence-corrected chi connectivity index (χ3v) is 5.26. The fourth-order valence-electron chi connectivity index (χ4n) is 3.80. The summed E-state index contributed by atoms with van der Waals surface area (Å²) in [6.45, 7) is 2.14. The van der Waals surface area contributed by atoms with E-state index in [-0.39, 0.29) is 17.3 Å². The van der Waals surface area contributed by atoms with E-state index in [4.69, 9.17) is 10.5 Å². The van der Waals surface area contributed by atoms with Gasteiger partial charge < -0.3 is 15.0 Å². The zero-order valence-electron chi connectivity index (χ0n) is 16.5. The number of ether oxygens (including phenoxy) is 1. The maximum Gasteiger partial charge on any atom is 0.166 e. The van der Waals surface area contributed by atoms with Crippen molar-refractivity contribution in [2.75, 3.05) is 5.73 Å². The van der Waals surface area contributed by atoms with E-state index >= 15 is 0 Å². The summed E-state index contributed by atoms with van der Waals surface area (Å²) in [7, 11) is 0. The van der Waals surface area contributed by atoms with Gasteiger partial charge in [-0.05, 0) is 30.7 Å². The van der Waals surface area contributed by atoms with E-state index in [1.807, 2.05) is 11.5 Å². The van der Waals surface area contributed by atoms with Crippen LogP contribution >= 0.6 is 0 Å². The minimum absolute atomic E-state index is 0.193. The lowest BCUT2D eigenvalue weighted by molar-refractivity contribution is 0.227. The molecule has 1 atom stereocenters. The number of nitrogens with zero attached hydrogens (tertiary/aromatic N) is 6. The van der Waals surface area contributed by atoms with Crippen molar-refractivity contribution in [3.8, 4) is 34.2 Å². The molecule has 9 heteroatoms. The fourth-order valence-corrected chi connectivity index (χ4v) is 3.80. The Balaban J connectivity index is 1.83. The molecule has 0 amide bonds. The van der Waals surface area contributed by atoms with Crippen LogP contribution in [0.2, 0.25) is 0 Å². The van der Waals surface area contributed by atoms with Gasteiger partial charge in [0.2, 0.25) is 0 Å². The first-order valence-electron chi connectivity index (χ1n) is 9.51. The SMILES string of the molecule is CC1Oc2cc(cnc2N)-c2c(C#N)ncn2Cc2ncncc2-c2ccc(F)cc21. The molecule has 2 bridgehead atoms. The van der Waals surface area contributed by atoms with Crippen molar-refractivity contribution in [3.63, 3.8) is 0 Å². The molecule has 4 heterocycles. The third kappa shape index (κ3) is 3.14. The van der Waals surface area contributed by atoms with Crippen LogP contribution in [0.5, 0.6) is 5.75 Å². The third-order valence-electron chi connectivity index (χ3n) is 5.26. The summed E-state index contributed by atoms with van der Waals surface area (Å²) in [6.07, 6.45) is 5.75. The lowest BCUT2D eigenvalue weighted by Crippen LogP contribution is -2.11. The summed E-state index contributed by atoms with van der Waals surface area (Å²) >= 11 is 0. The van der Waals surface area contributed by atoms with Gasteiger partial charge in [0.05, 0.1) is 24.3 Å². The first kappa shape index (κ1) is 18.7. The molecule has 2 N–H and O–H groups in total. The quantitative estimate of drug-likeness (QED) is 0.469. The molecule has 0 saturated carbocycles. The summed E-state index contributed by atoms with van der Waals surface area (Å²) in [5, 5.41) is 9.59. The standard InChI is InChI=1S/C22H16FN7O/c1-12-16-5-14(23)2-3-15(16)17-8-26-10-28-19(17)9-30-11-29-18(6-24)21(30)13-4-20(31-12)22(25)27-7-13/h2-5,7-8,10-12H,9H2,1H3,(H2,25,27). The van der Waals surface area contributed by atoms with Crippen molar-refractivity contribution < 1.29 is 9.13 Å². The highest BCUT2D eigenvalue weighted by Crippen LogP contribution is 2.37. The van der Waals surface area contributed by atoms with Crippen LogP contribution in [0.3, 0.4) is 0 Å². The van der Waals surface area contributed by atoms with Crippen LogP contribution in [0, 0.1) is 17.1 Å². The van der Waals surface area contributed by atoms with E-state index in [0.29, 0.717) is 34.8 Å². The molecule has 4 aromatic rings. The number of halogens is 1. The molecule has 0 radical (unpaired) electrons. The van der Waals surface area contributed by atoms with E-state index in [0.717, 1.165) is 11.1 Å². The van der Waals surface area contributed by atoms with Crippen LogP contribution in [-0.4, -0.2) is 24.5 Å². The van der Waals surface area contributed by atoms with E-state index < -0.39 is 6.10 Å². The number of aromatic nitrogens is 5. The van der Waals surface area contributed by atoms with Gasteiger partial charge in [-0.2, -0.15) is 5.26 Å². The zero-order chi connectivity index (χ0) is 21.5. The highest BCUT2D eigenvalue weighted by atomic mass is 19.1. The smallest absolute Gasteiger partial charge is 0.166 e. The van der Waals surface area contributed by atoms with Crippen LogP contribution in [0.1, 0.15) is 30.0 Å². The second kappa shape index (κ2) is 7.18. The molecule has 31 heavy (non-hydrogen) atoms. The molecule has 1 unspecified atom stereocenters. The summed E-state index contributed by atoms with van der Waals surface area (Å²) in [4.78, 5) is 17.1. The van der Waals surface area contributed by atoms with Gasteiger partial charge in [-0.15, -0.1) is 0 Å². The highest BCUT2D eigenvalue weighted by molar-refractivity contribution is 5.72. The molecule has 3 aromatic heterocycles. The molecule has 0 aliphatic carbocycles. The van der Waals surface area contributed by atoms with Crippen molar-refractivity contribution in [1.82, 2.24) is 24.5 Å². The minimum atomic E-state index is -0.544. The van der Waals surface area contributed by atoms with Crippen molar-refractivity contribution in [3.05, 3.63) is 72.1 Å². The van der Waals surface area contributed by atoms with Gasteiger partial charge in [0.25, 0.3) is 0 Å². The first-order valence-corrected chi connectivity index (χ1v) is 9.51.